The molecule has 0 radical (unpaired) electrons. The van der Waals surface area contributed by atoms with Crippen molar-refractivity contribution in [3.63, 3.8) is 0 Å². The molecule has 1 aromatic heterocycles. The van der Waals surface area contributed by atoms with E-state index in [9.17, 15) is 9.59 Å². The van der Waals surface area contributed by atoms with Gasteiger partial charge >= 0.3 is 6.09 Å². The number of H-pyrrole nitrogens is 1. The zero-order valence-corrected chi connectivity index (χ0v) is 17.9. The van der Waals surface area contributed by atoms with Gasteiger partial charge in [-0.1, -0.05) is 60.1 Å². The van der Waals surface area contributed by atoms with E-state index in [0.717, 1.165) is 22.0 Å². The van der Waals surface area contributed by atoms with Crippen molar-refractivity contribution in [2.45, 2.75) is 19.1 Å². The molecule has 0 saturated carbocycles. The highest BCUT2D eigenvalue weighted by atomic mass is 35.5. The molecule has 0 aliphatic carbocycles. The second kappa shape index (κ2) is 10.0. The Labute approximate surface area is 190 Å². The molecule has 1 heterocycles. The van der Waals surface area contributed by atoms with Crippen LogP contribution in [0.3, 0.4) is 0 Å². The van der Waals surface area contributed by atoms with Crippen molar-refractivity contribution >= 4 is 40.2 Å². The molecule has 0 bridgehead atoms. The highest BCUT2D eigenvalue weighted by Gasteiger charge is 2.23. The summed E-state index contributed by atoms with van der Waals surface area (Å²) in [5, 5.41) is 7.11. The molecule has 6 nitrogen and oxygen atoms in total. The molecule has 0 saturated heterocycles. The predicted octanol–water partition coefficient (Wildman–Crippen LogP) is 5.30. The Morgan fingerprint density at radius 1 is 0.938 bits per heavy atom. The minimum Gasteiger partial charge on any atom is -0.445 e. The largest absolute Gasteiger partial charge is 0.445 e. The minimum atomic E-state index is -0.840. The normalized spacial score (nSPS) is 11.7. The molecule has 0 spiro atoms. The van der Waals surface area contributed by atoms with Gasteiger partial charge in [0, 0.05) is 34.2 Å². The van der Waals surface area contributed by atoms with Crippen LogP contribution in [0.25, 0.3) is 10.9 Å². The zero-order chi connectivity index (χ0) is 22.3. The van der Waals surface area contributed by atoms with Gasteiger partial charge in [-0.2, -0.15) is 0 Å². The lowest BCUT2D eigenvalue weighted by Crippen LogP contribution is -2.45. The second-order valence-electron chi connectivity index (χ2n) is 7.32. The Kier molecular flexibility index (Phi) is 6.72. The molecule has 3 aromatic carbocycles. The Balaban J connectivity index is 1.49. The first kappa shape index (κ1) is 21.5. The van der Waals surface area contributed by atoms with Crippen LogP contribution in [-0.2, 0) is 22.6 Å². The summed E-state index contributed by atoms with van der Waals surface area (Å²) < 4.78 is 5.33. The molecular weight excluding hydrogens is 426 g/mol. The van der Waals surface area contributed by atoms with E-state index in [1.165, 1.54) is 0 Å². The Hall–Kier alpha value is -3.77. The van der Waals surface area contributed by atoms with Gasteiger partial charge in [0.2, 0.25) is 5.91 Å². The van der Waals surface area contributed by atoms with Crippen LogP contribution in [0.4, 0.5) is 10.5 Å². The van der Waals surface area contributed by atoms with Gasteiger partial charge in [-0.15, -0.1) is 0 Å². The molecular formula is C25H22ClN3O3. The fraction of sp³-hybridized carbons (Fsp3) is 0.120. The van der Waals surface area contributed by atoms with Gasteiger partial charge in [0.05, 0.1) is 0 Å². The third kappa shape index (κ3) is 5.47. The van der Waals surface area contributed by atoms with E-state index in [-0.39, 0.29) is 12.5 Å². The highest BCUT2D eigenvalue weighted by molar-refractivity contribution is 6.30. The van der Waals surface area contributed by atoms with Crippen molar-refractivity contribution in [3.05, 3.63) is 101 Å². The van der Waals surface area contributed by atoms with Crippen molar-refractivity contribution < 1.29 is 14.3 Å². The van der Waals surface area contributed by atoms with Gasteiger partial charge in [0.1, 0.15) is 12.6 Å². The Morgan fingerprint density at radius 2 is 1.66 bits per heavy atom. The summed E-state index contributed by atoms with van der Waals surface area (Å²) in [7, 11) is 0. The summed E-state index contributed by atoms with van der Waals surface area (Å²) in [5.41, 5.74) is 3.33. The zero-order valence-electron chi connectivity index (χ0n) is 17.2. The average molecular weight is 448 g/mol. The number of carbonyl (C=O) groups excluding carboxylic acids is 2. The average Bonchev–Trinajstić information content (AvgIpc) is 3.22. The predicted molar refractivity (Wildman–Crippen MR) is 126 cm³/mol. The number of fused-ring (bicyclic) bond motifs is 1. The SMILES string of the molecule is O=C(N[C@@H](Cc1c[nH]c2ccccc12)C(=O)Nc1ccc(Cl)cc1)OCc1ccccc1. The van der Waals surface area contributed by atoms with Crippen LogP contribution in [0.2, 0.25) is 5.02 Å². The topological polar surface area (TPSA) is 83.2 Å². The number of aromatic amines is 1. The van der Waals surface area contributed by atoms with E-state index in [2.05, 4.69) is 15.6 Å². The van der Waals surface area contributed by atoms with E-state index < -0.39 is 12.1 Å². The third-order valence-electron chi connectivity index (χ3n) is 5.03. The first-order valence-electron chi connectivity index (χ1n) is 10.2. The van der Waals surface area contributed by atoms with Crippen LogP contribution >= 0.6 is 11.6 Å². The van der Waals surface area contributed by atoms with Gasteiger partial charge in [-0.3, -0.25) is 4.79 Å². The van der Waals surface area contributed by atoms with Crippen LogP contribution in [-0.4, -0.2) is 23.0 Å². The maximum atomic E-state index is 13.0. The monoisotopic (exact) mass is 447 g/mol. The molecule has 3 N–H and O–H groups in total. The van der Waals surface area contributed by atoms with Gasteiger partial charge in [0.25, 0.3) is 0 Å². The lowest BCUT2D eigenvalue weighted by Gasteiger charge is -2.18. The molecule has 1 atom stereocenters. The Morgan fingerprint density at radius 3 is 2.44 bits per heavy atom. The molecule has 0 fully saturated rings. The molecule has 0 unspecified atom stereocenters. The van der Waals surface area contributed by atoms with Crippen LogP contribution in [0, 0.1) is 0 Å². The number of hydrogen-bond donors (Lipinski definition) is 3. The third-order valence-corrected chi connectivity index (χ3v) is 5.28. The van der Waals surface area contributed by atoms with Crippen LogP contribution in [0.15, 0.2) is 85.1 Å². The summed E-state index contributed by atoms with van der Waals surface area (Å²) in [6.45, 7) is 0.116. The van der Waals surface area contributed by atoms with E-state index in [1.807, 2.05) is 60.8 Å². The number of anilines is 1. The van der Waals surface area contributed by atoms with Crippen LogP contribution < -0.4 is 10.6 Å². The van der Waals surface area contributed by atoms with Crippen molar-refractivity contribution in [1.29, 1.82) is 0 Å². The smallest absolute Gasteiger partial charge is 0.408 e. The summed E-state index contributed by atoms with van der Waals surface area (Å²) in [6, 6.07) is 23.1. The van der Waals surface area contributed by atoms with Gasteiger partial charge in [-0.05, 0) is 41.5 Å². The minimum absolute atomic E-state index is 0.116. The molecule has 4 aromatic rings. The maximum absolute atomic E-state index is 13.0. The summed E-state index contributed by atoms with van der Waals surface area (Å²) in [5.74, 6) is -0.353. The van der Waals surface area contributed by atoms with Crippen molar-refractivity contribution in [2.75, 3.05) is 5.32 Å². The molecule has 32 heavy (non-hydrogen) atoms. The van der Waals surface area contributed by atoms with E-state index >= 15 is 0 Å². The summed E-state index contributed by atoms with van der Waals surface area (Å²) >= 11 is 5.93. The van der Waals surface area contributed by atoms with Gasteiger partial charge < -0.3 is 20.4 Å². The van der Waals surface area contributed by atoms with Crippen LogP contribution in [0.1, 0.15) is 11.1 Å². The first-order valence-corrected chi connectivity index (χ1v) is 10.5. The van der Waals surface area contributed by atoms with Crippen molar-refractivity contribution in [3.8, 4) is 0 Å². The lowest BCUT2D eigenvalue weighted by molar-refractivity contribution is -0.118. The maximum Gasteiger partial charge on any atom is 0.408 e. The van der Waals surface area contributed by atoms with Crippen molar-refractivity contribution in [2.24, 2.45) is 0 Å². The number of hydrogen-bond acceptors (Lipinski definition) is 3. The van der Waals surface area contributed by atoms with Crippen LogP contribution in [0.5, 0.6) is 0 Å². The van der Waals surface area contributed by atoms with Gasteiger partial charge in [-0.25, -0.2) is 4.79 Å². The van der Waals surface area contributed by atoms with E-state index in [0.29, 0.717) is 17.1 Å². The number of aromatic nitrogens is 1. The fourth-order valence-electron chi connectivity index (χ4n) is 3.40. The molecule has 7 heteroatoms. The van der Waals surface area contributed by atoms with E-state index in [1.54, 1.807) is 24.3 Å². The number of halogens is 1. The number of benzene rings is 3. The van der Waals surface area contributed by atoms with Crippen molar-refractivity contribution in [1.82, 2.24) is 10.3 Å². The quantitative estimate of drug-likeness (QED) is 0.359. The number of carbonyl (C=O) groups is 2. The lowest BCUT2D eigenvalue weighted by atomic mass is 10.0. The summed E-state index contributed by atoms with van der Waals surface area (Å²) in [4.78, 5) is 28.7. The number of alkyl carbamates (subject to hydrolysis) is 1. The molecule has 162 valence electrons. The standard InChI is InChI=1S/C25H22ClN3O3/c26-19-10-12-20(13-11-19)28-24(30)23(14-18-15-27-22-9-5-4-8-21(18)22)29-25(31)32-16-17-6-2-1-3-7-17/h1-13,15,23,27H,14,16H2,(H,28,30)(H,29,31)/t23-/m0/s1. The molecule has 0 aliphatic rings. The Bertz CT molecular complexity index is 1210. The number of para-hydroxylation sites is 1. The highest BCUT2D eigenvalue weighted by Crippen LogP contribution is 2.20. The molecule has 0 aliphatic heterocycles. The fourth-order valence-corrected chi connectivity index (χ4v) is 3.53. The number of rotatable bonds is 7. The number of ether oxygens (including phenoxy) is 1. The van der Waals surface area contributed by atoms with E-state index in [4.69, 9.17) is 16.3 Å². The number of nitrogens with one attached hydrogen (secondary N) is 3. The second-order valence-corrected chi connectivity index (χ2v) is 7.75. The number of amides is 2. The first-order chi connectivity index (χ1) is 15.6. The van der Waals surface area contributed by atoms with Gasteiger partial charge in [0.15, 0.2) is 0 Å². The molecule has 2 amide bonds. The summed E-state index contributed by atoms with van der Waals surface area (Å²) in [6.07, 6.45) is 1.48. The molecule has 4 rings (SSSR count).